The van der Waals surface area contributed by atoms with Crippen molar-refractivity contribution in [3.63, 3.8) is 0 Å². The third kappa shape index (κ3) is 3.87. The van der Waals surface area contributed by atoms with Gasteiger partial charge in [-0.1, -0.05) is 6.08 Å². The van der Waals surface area contributed by atoms with E-state index in [1.54, 1.807) is 13.1 Å². The van der Waals surface area contributed by atoms with E-state index in [0.717, 1.165) is 0 Å². The number of hydrogen-bond donors (Lipinski definition) is 2. The molecule has 1 rings (SSSR count). The second-order valence-corrected chi connectivity index (χ2v) is 4.20. The van der Waals surface area contributed by atoms with Crippen molar-refractivity contribution >= 4 is 23.3 Å². The number of aromatic carboxylic acids is 1. The second kappa shape index (κ2) is 6.00. The fourth-order valence-corrected chi connectivity index (χ4v) is 1.76. The second-order valence-electron chi connectivity index (χ2n) is 3.26. The predicted octanol–water partition coefficient (Wildman–Crippen LogP) is 1.17. The van der Waals surface area contributed by atoms with Gasteiger partial charge in [0.2, 0.25) is 0 Å². The topological polar surface area (TPSA) is 82.5 Å². The van der Waals surface area contributed by atoms with Crippen LogP contribution in [0.5, 0.6) is 0 Å². The number of nitrogens with zero attached hydrogens (tertiary/aromatic N) is 2. The van der Waals surface area contributed by atoms with E-state index in [4.69, 9.17) is 5.11 Å². The van der Waals surface area contributed by atoms with E-state index in [1.165, 1.54) is 21.6 Å². The van der Waals surface area contributed by atoms with Crippen molar-refractivity contribution in [1.29, 1.82) is 0 Å². The Hall–Kier alpha value is -1.89. The molecule has 0 saturated carbocycles. The standard InChI is InChI=1S/C10H13N3O3S/c1-3-4-13(2)10(16)11-5-8-12-7(6-17-8)9(14)15/h3,6H,1,4-5H2,2H3,(H,11,16)(H,14,15). The maximum absolute atomic E-state index is 11.5. The van der Waals surface area contributed by atoms with E-state index in [2.05, 4.69) is 16.9 Å². The lowest BCUT2D eigenvalue weighted by Crippen LogP contribution is -2.36. The first-order valence-electron chi connectivity index (χ1n) is 4.82. The number of hydrogen-bond acceptors (Lipinski definition) is 4. The maximum atomic E-state index is 11.5. The lowest BCUT2D eigenvalue weighted by atomic mass is 10.5. The highest BCUT2D eigenvalue weighted by atomic mass is 32.1. The van der Waals surface area contributed by atoms with Crippen LogP contribution >= 0.6 is 11.3 Å². The minimum Gasteiger partial charge on any atom is -0.476 e. The number of likely N-dealkylation sites (N-methyl/N-ethyl adjacent to an activating group) is 1. The van der Waals surface area contributed by atoms with E-state index >= 15 is 0 Å². The summed E-state index contributed by atoms with van der Waals surface area (Å²) in [7, 11) is 1.64. The quantitative estimate of drug-likeness (QED) is 0.774. The Bertz CT molecular complexity index is 430. The minimum atomic E-state index is -1.07. The smallest absolute Gasteiger partial charge is 0.355 e. The molecule has 0 spiro atoms. The Morgan fingerprint density at radius 2 is 2.41 bits per heavy atom. The lowest BCUT2D eigenvalue weighted by molar-refractivity contribution is 0.0691. The van der Waals surface area contributed by atoms with Crippen molar-refractivity contribution in [2.24, 2.45) is 0 Å². The van der Waals surface area contributed by atoms with E-state index < -0.39 is 5.97 Å². The zero-order valence-electron chi connectivity index (χ0n) is 9.34. The van der Waals surface area contributed by atoms with E-state index in [0.29, 0.717) is 11.6 Å². The third-order valence-corrected chi connectivity index (χ3v) is 2.76. The molecule has 2 N–H and O–H groups in total. The Morgan fingerprint density at radius 3 is 2.94 bits per heavy atom. The molecule has 1 heterocycles. The number of urea groups is 1. The monoisotopic (exact) mass is 255 g/mol. The summed E-state index contributed by atoms with van der Waals surface area (Å²) in [6.45, 7) is 4.20. The SMILES string of the molecule is C=CCN(C)C(=O)NCc1nc(C(=O)O)cs1. The van der Waals surface area contributed by atoms with Crippen LogP contribution < -0.4 is 5.32 Å². The maximum Gasteiger partial charge on any atom is 0.355 e. The fraction of sp³-hybridized carbons (Fsp3) is 0.300. The average molecular weight is 255 g/mol. The molecular formula is C10H13N3O3S. The highest BCUT2D eigenvalue weighted by Crippen LogP contribution is 2.09. The van der Waals surface area contributed by atoms with Gasteiger partial charge in [-0.2, -0.15) is 0 Å². The Kier molecular flexibility index (Phi) is 4.65. The molecule has 0 saturated heterocycles. The zero-order valence-corrected chi connectivity index (χ0v) is 10.2. The molecule has 0 aliphatic rings. The van der Waals surface area contributed by atoms with Gasteiger partial charge in [0.1, 0.15) is 5.01 Å². The van der Waals surface area contributed by atoms with Gasteiger partial charge in [0, 0.05) is 19.0 Å². The summed E-state index contributed by atoms with van der Waals surface area (Å²) in [5, 5.41) is 13.3. The van der Waals surface area contributed by atoms with Gasteiger partial charge in [0.25, 0.3) is 0 Å². The Labute approximate surface area is 103 Å². The highest BCUT2D eigenvalue weighted by molar-refractivity contribution is 7.09. The van der Waals surface area contributed by atoms with E-state index in [9.17, 15) is 9.59 Å². The first-order chi connectivity index (χ1) is 8.04. The number of aromatic nitrogens is 1. The zero-order chi connectivity index (χ0) is 12.8. The molecule has 17 heavy (non-hydrogen) atoms. The van der Waals surface area contributed by atoms with Gasteiger partial charge in [0.15, 0.2) is 5.69 Å². The Morgan fingerprint density at radius 1 is 1.71 bits per heavy atom. The molecule has 7 heteroatoms. The largest absolute Gasteiger partial charge is 0.476 e. The molecule has 0 aliphatic carbocycles. The van der Waals surface area contributed by atoms with Crippen LogP contribution in [0.2, 0.25) is 0 Å². The van der Waals surface area contributed by atoms with Crippen LogP contribution in [-0.4, -0.2) is 40.6 Å². The van der Waals surface area contributed by atoms with Gasteiger partial charge in [-0.15, -0.1) is 17.9 Å². The van der Waals surface area contributed by atoms with Crippen LogP contribution in [-0.2, 0) is 6.54 Å². The average Bonchev–Trinajstić information content (AvgIpc) is 2.75. The van der Waals surface area contributed by atoms with Crippen molar-refractivity contribution in [1.82, 2.24) is 15.2 Å². The summed E-state index contributed by atoms with van der Waals surface area (Å²) < 4.78 is 0. The van der Waals surface area contributed by atoms with Crippen LogP contribution in [0.1, 0.15) is 15.5 Å². The summed E-state index contributed by atoms with van der Waals surface area (Å²) in [5.74, 6) is -1.07. The van der Waals surface area contributed by atoms with Crippen molar-refractivity contribution < 1.29 is 14.7 Å². The van der Waals surface area contributed by atoms with Crippen LogP contribution in [0.4, 0.5) is 4.79 Å². The van der Waals surface area contributed by atoms with Crippen LogP contribution in [0.3, 0.4) is 0 Å². The highest BCUT2D eigenvalue weighted by Gasteiger charge is 2.10. The molecule has 0 aliphatic heterocycles. The molecule has 2 amide bonds. The van der Waals surface area contributed by atoms with Crippen LogP contribution in [0.25, 0.3) is 0 Å². The Balaban J connectivity index is 2.47. The first-order valence-corrected chi connectivity index (χ1v) is 5.70. The summed E-state index contributed by atoms with van der Waals surface area (Å²) in [4.78, 5) is 27.4. The van der Waals surface area contributed by atoms with Crippen molar-refractivity contribution in [2.75, 3.05) is 13.6 Å². The van der Waals surface area contributed by atoms with Crippen LogP contribution in [0, 0.1) is 0 Å². The molecule has 1 aromatic rings. The number of carboxylic acids is 1. The van der Waals surface area contributed by atoms with Gasteiger partial charge in [-0.05, 0) is 0 Å². The minimum absolute atomic E-state index is 0.00121. The normalized spacial score (nSPS) is 9.71. The molecule has 0 radical (unpaired) electrons. The molecule has 0 bridgehead atoms. The van der Waals surface area contributed by atoms with Crippen LogP contribution in [0.15, 0.2) is 18.0 Å². The molecule has 0 atom stereocenters. The van der Waals surface area contributed by atoms with Gasteiger partial charge >= 0.3 is 12.0 Å². The van der Waals surface area contributed by atoms with Gasteiger partial charge in [0.05, 0.1) is 6.54 Å². The van der Waals surface area contributed by atoms with Crippen molar-refractivity contribution in [2.45, 2.75) is 6.54 Å². The van der Waals surface area contributed by atoms with Gasteiger partial charge in [-0.3, -0.25) is 0 Å². The number of carbonyl (C=O) groups is 2. The summed E-state index contributed by atoms with van der Waals surface area (Å²) in [5.41, 5.74) is -0.00121. The van der Waals surface area contributed by atoms with Crippen molar-refractivity contribution in [3.05, 3.63) is 28.7 Å². The third-order valence-electron chi connectivity index (χ3n) is 1.91. The predicted molar refractivity (Wildman–Crippen MR) is 64.1 cm³/mol. The molecule has 0 fully saturated rings. The lowest BCUT2D eigenvalue weighted by Gasteiger charge is -2.14. The number of rotatable bonds is 5. The van der Waals surface area contributed by atoms with Crippen molar-refractivity contribution in [3.8, 4) is 0 Å². The molecular weight excluding hydrogens is 242 g/mol. The van der Waals surface area contributed by atoms with Gasteiger partial charge < -0.3 is 15.3 Å². The molecule has 0 aromatic carbocycles. The number of amides is 2. The molecule has 0 unspecified atom stereocenters. The number of thiazole rings is 1. The van der Waals surface area contributed by atoms with E-state index in [-0.39, 0.29) is 18.3 Å². The number of nitrogens with one attached hydrogen (secondary N) is 1. The van der Waals surface area contributed by atoms with Gasteiger partial charge in [-0.25, -0.2) is 14.6 Å². The van der Waals surface area contributed by atoms with E-state index in [1.807, 2.05) is 0 Å². The first kappa shape index (κ1) is 13.2. The molecule has 92 valence electrons. The molecule has 6 nitrogen and oxygen atoms in total. The number of carbonyl (C=O) groups excluding carboxylic acids is 1. The number of carboxylic acid groups (broad SMARTS) is 1. The summed E-state index contributed by atoms with van der Waals surface area (Å²) in [6.07, 6.45) is 1.62. The molecule has 1 aromatic heterocycles. The fourth-order valence-electron chi connectivity index (χ4n) is 1.05. The summed E-state index contributed by atoms with van der Waals surface area (Å²) in [6, 6.07) is -0.253. The summed E-state index contributed by atoms with van der Waals surface area (Å²) >= 11 is 1.20.